The van der Waals surface area contributed by atoms with Gasteiger partial charge in [0.05, 0.1) is 6.33 Å². The van der Waals surface area contributed by atoms with Gasteiger partial charge < -0.3 is 15.2 Å². The second-order valence-electron chi connectivity index (χ2n) is 3.01. The monoisotopic (exact) mass is 212 g/mol. The lowest BCUT2D eigenvalue weighted by Crippen LogP contribution is -2.33. The van der Waals surface area contributed by atoms with Crippen molar-refractivity contribution in [3.05, 3.63) is 18.7 Å². The van der Waals surface area contributed by atoms with Gasteiger partial charge in [-0.3, -0.25) is 0 Å². The first kappa shape index (κ1) is 11.0. The van der Waals surface area contributed by atoms with Crippen molar-refractivity contribution in [2.75, 3.05) is 13.6 Å². The summed E-state index contributed by atoms with van der Waals surface area (Å²) in [5.41, 5.74) is 0. The van der Waals surface area contributed by atoms with Gasteiger partial charge in [-0.1, -0.05) is 0 Å². The zero-order chi connectivity index (χ0) is 10.2. The Bertz CT molecular complexity index is 258. The smallest absolute Gasteiger partial charge is 0.166 e. The average Bonchev–Trinajstić information content (AvgIpc) is 2.69. The lowest BCUT2D eigenvalue weighted by atomic mass is 10.3. The average molecular weight is 212 g/mol. The fraction of sp³-hybridized carbons (Fsp3) is 0.556. The maximum absolute atomic E-state index is 4.95. The molecule has 0 aliphatic rings. The molecule has 0 aromatic carbocycles. The molecule has 0 saturated heterocycles. The second-order valence-corrected chi connectivity index (χ2v) is 3.42. The largest absolute Gasteiger partial charge is 0.366 e. The van der Waals surface area contributed by atoms with Crippen molar-refractivity contribution >= 4 is 17.3 Å². The predicted octanol–water partition coefficient (Wildman–Crippen LogP) is 0.757. The second kappa shape index (κ2) is 6.37. The SMILES string of the molecule is CNC(=S)NCCCCn1ccnc1. The van der Waals surface area contributed by atoms with Gasteiger partial charge >= 0.3 is 0 Å². The van der Waals surface area contributed by atoms with Crippen LogP contribution in [-0.4, -0.2) is 28.3 Å². The number of unbranched alkanes of at least 4 members (excludes halogenated alkanes) is 1. The Morgan fingerprint density at radius 3 is 3.00 bits per heavy atom. The highest BCUT2D eigenvalue weighted by Crippen LogP contribution is 1.93. The van der Waals surface area contributed by atoms with Gasteiger partial charge in [0.15, 0.2) is 5.11 Å². The summed E-state index contributed by atoms with van der Waals surface area (Å²) in [6, 6.07) is 0. The lowest BCUT2D eigenvalue weighted by molar-refractivity contribution is 0.601. The van der Waals surface area contributed by atoms with Gasteiger partial charge in [-0.25, -0.2) is 4.98 Å². The topological polar surface area (TPSA) is 41.9 Å². The zero-order valence-corrected chi connectivity index (χ0v) is 9.18. The van der Waals surface area contributed by atoms with E-state index in [1.165, 1.54) is 0 Å². The van der Waals surface area contributed by atoms with Crippen molar-refractivity contribution in [3.63, 3.8) is 0 Å². The third-order valence-electron chi connectivity index (χ3n) is 1.91. The molecular weight excluding hydrogens is 196 g/mol. The molecule has 1 heterocycles. The highest BCUT2D eigenvalue weighted by Gasteiger charge is 1.92. The molecule has 0 atom stereocenters. The minimum atomic E-state index is 0.715. The van der Waals surface area contributed by atoms with E-state index in [-0.39, 0.29) is 0 Å². The van der Waals surface area contributed by atoms with Crippen LogP contribution in [0.25, 0.3) is 0 Å². The molecule has 0 fully saturated rings. The van der Waals surface area contributed by atoms with Gasteiger partial charge in [0.25, 0.3) is 0 Å². The number of aryl methyl sites for hydroxylation is 1. The first-order valence-corrected chi connectivity index (χ1v) is 5.15. The van der Waals surface area contributed by atoms with Gasteiger partial charge in [0, 0.05) is 32.5 Å². The number of nitrogens with one attached hydrogen (secondary N) is 2. The standard InChI is InChI=1S/C9H16N4S/c1-10-9(14)12-4-2-3-6-13-7-5-11-8-13/h5,7-8H,2-4,6H2,1H3,(H2,10,12,14). The molecule has 0 aliphatic carbocycles. The van der Waals surface area contributed by atoms with E-state index in [0.717, 1.165) is 25.9 Å². The van der Waals surface area contributed by atoms with Crippen LogP contribution in [0.3, 0.4) is 0 Å². The molecule has 2 N–H and O–H groups in total. The van der Waals surface area contributed by atoms with Gasteiger partial charge in [0.2, 0.25) is 0 Å². The summed E-state index contributed by atoms with van der Waals surface area (Å²) in [6.07, 6.45) is 7.86. The number of aromatic nitrogens is 2. The van der Waals surface area contributed by atoms with Crippen LogP contribution in [0, 0.1) is 0 Å². The highest BCUT2D eigenvalue weighted by molar-refractivity contribution is 7.80. The molecule has 14 heavy (non-hydrogen) atoms. The van der Waals surface area contributed by atoms with Crippen molar-refractivity contribution < 1.29 is 0 Å². The lowest BCUT2D eigenvalue weighted by Gasteiger charge is -2.06. The summed E-state index contributed by atoms with van der Waals surface area (Å²) in [7, 11) is 1.82. The Morgan fingerprint density at radius 1 is 1.50 bits per heavy atom. The van der Waals surface area contributed by atoms with Crippen LogP contribution in [0.2, 0.25) is 0 Å². The molecule has 1 rings (SSSR count). The van der Waals surface area contributed by atoms with E-state index in [1.54, 1.807) is 6.20 Å². The Kier molecular flexibility index (Phi) is 4.99. The van der Waals surface area contributed by atoms with Crippen molar-refractivity contribution in [2.24, 2.45) is 0 Å². The summed E-state index contributed by atoms with van der Waals surface area (Å²) in [5.74, 6) is 0. The number of hydrogen-bond donors (Lipinski definition) is 2. The Labute approximate surface area is 89.7 Å². The first-order valence-electron chi connectivity index (χ1n) is 4.74. The van der Waals surface area contributed by atoms with E-state index in [9.17, 15) is 0 Å². The van der Waals surface area contributed by atoms with E-state index < -0.39 is 0 Å². The van der Waals surface area contributed by atoms with Gasteiger partial charge in [-0.15, -0.1) is 0 Å². The molecule has 0 radical (unpaired) electrons. The molecule has 1 aromatic rings. The fourth-order valence-corrected chi connectivity index (χ4v) is 1.23. The van der Waals surface area contributed by atoms with E-state index in [2.05, 4.69) is 20.2 Å². The molecule has 78 valence electrons. The molecule has 5 heteroatoms. The van der Waals surface area contributed by atoms with Crippen molar-refractivity contribution in [1.82, 2.24) is 20.2 Å². The number of rotatable bonds is 5. The van der Waals surface area contributed by atoms with Crippen molar-refractivity contribution in [2.45, 2.75) is 19.4 Å². The quantitative estimate of drug-likeness (QED) is 0.558. The summed E-state index contributed by atoms with van der Waals surface area (Å²) >= 11 is 4.95. The summed E-state index contributed by atoms with van der Waals surface area (Å²) < 4.78 is 2.08. The summed E-state index contributed by atoms with van der Waals surface area (Å²) in [4.78, 5) is 3.98. The molecule has 0 bridgehead atoms. The van der Waals surface area contributed by atoms with Gasteiger partial charge in [0.1, 0.15) is 0 Å². The number of imidazole rings is 1. The maximum atomic E-state index is 4.95. The predicted molar refractivity (Wildman–Crippen MR) is 61.1 cm³/mol. The minimum Gasteiger partial charge on any atom is -0.366 e. The Balaban J connectivity index is 1.97. The van der Waals surface area contributed by atoms with Crippen LogP contribution in [-0.2, 0) is 6.54 Å². The van der Waals surface area contributed by atoms with Crippen LogP contribution in [0.4, 0.5) is 0 Å². The highest BCUT2D eigenvalue weighted by atomic mass is 32.1. The van der Waals surface area contributed by atoms with Gasteiger partial charge in [-0.05, 0) is 25.1 Å². The fourth-order valence-electron chi connectivity index (χ4n) is 1.13. The molecule has 4 nitrogen and oxygen atoms in total. The molecule has 0 unspecified atom stereocenters. The van der Waals surface area contributed by atoms with E-state index >= 15 is 0 Å². The van der Waals surface area contributed by atoms with Crippen LogP contribution in [0.1, 0.15) is 12.8 Å². The molecular formula is C9H16N4S. The van der Waals surface area contributed by atoms with Crippen LogP contribution >= 0.6 is 12.2 Å². The van der Waals surface area contributed by atoms with E-state index in [1.807, 2.05) is 19.6 Å². The first-order chi connectivity index (χ1) is 6.83. The maximum Gasteiger partial charge on any atom is 0.166 e. The van der Waals surface area contributed by atoms with Crippen molar-refractivity contribution in [3.8, 4) is 0 Å². The minimum absolute atomic E-state index is 0.715. The number of nitrogens with zero attached hydrogens (tertiary/aromatic N) is 2. The van der Waals surface area contributed by atoms with Crippen LogP contribution < -0.4 is 10.6 Å². The molecule has 0 amide bonds. The number of thiocarbonyl (C=S) groups is 1. The van der Waals surface area contributed by atoms with E-state index in [4.69, 9.17) is 12.2 Å². The molecule has 1 aromatic heterocycles. The molecule has 0 spiro atoms. The number of hydrogen-bond acceptors (Lipinski definition) is 2. The summed E-state index contributed by atoms with van der Waals surface area (Å²) in [5, 5.41) is 6.70. The Morgan fingerprint density at radius 2 is 2.36 bits per heavy atom. The third-order valence-corrected chi connectivity index (χ3v) is 2.26. The normalized spacial score (nSPS) is 9.79. The zero-order valence-electron chi connectivity index (χ0n) is 8.36. The molecule has 0 aliphatic heterocycles. The third kappa shape index (κ3) is 4.23. The van der Waals surface area contributed by atoms with Crippen molar-refractivity contribution in [1.29, 1.82) is 0 Å². The van der Waals surface area contributed by atoms with Crippen LogP contribution in [0.15, 0.2) is 18.7 Å². The van der Waals surface area contributed by atoms with Crippen LogP contribution in [0.5, 0.6) is 0 Å². The van der Waals surface area contributed by atoms with E-state index in [0.29, 0.717) is 5.11 Å². The Hall–Kier alpha value is -1.10. The summed E-state index contributed by atoms with van der Waals surface area (Å²) in [6.45, 7) is 1.95. The van der Waals surface area contributed by atoms with Gasteiger partial charge in [-0.2, -0.15) is 0 Å². The molecule has 0 saturated carbocycles.